The molecule has 7 heteroatoms. The predicted octanol–water partition coefficient (Wildman–Crippen LogP) is 1.88. The molecule has 1 heterocycles. The molecule has 4 nitrogen and oxygen atoms in total. The number of carbonyl (C=O) groups is 1. The molecule has 0 aliphatic rings. The van der Waals surface area contributed by atoms with Crippen molar-refractivity contribution in [3.05, 3.63) is 11.1 Å². The predicted molar refractivity (Wildman–Crippen MR) is 68.6 cm³/mol. The molecule has 0 amide bonds. The van der Waals surface area contributed by atoms with Crippen LogP contribution in [0.5, 0.6) is 0 Å². The number of rotatable bonds is 5. The van der Waals surface area contributed by atoms with Crippen LogP contribution in [0.2, 0.25) is 0 Å². The van der Waals surface area contributed by atoms with Crippen LogP contribution in [0.1, 0.15) is 19.5 Å². The van der Waals surface area contributed by atoms with Crippen molar-refractivity contribution in [1.82, 2.24) is 4.98 Å². The number of carbonyl (C=O) groups excluding carboxylic acids is 1. The monoisotopic (exact) mass is 279 g/mol. The zero-order valence-electron chi connectivity index (χ0n) is 9.10. The molecule has 0 aliphatic heterocycles. The summed E-state index contributed by atoms with van der Waals surface area (Å²) in [6.45, 7) is 3.67. The second kappa shape index (κ2) is 5.96. The molecule has 1 aromatic rings. The first-order valence-corrected chi connectivity index (χ1v) is 6.82. The summed E-state index contributed by atoms with van der Waals surface area (Å²) in [5, 5.41) is 10.7. The topological polar surface area (TPSA) is 59.4 Å². The van der Waals surface area contributed by atoms with E-state index in [2.05, 4.69) is 9.51 Å². The Morgan fingerprint density at radius 3 is 3.00 bits per heavy atom. The minimum Gasteiger partial charge on any atom is -0.450 e. The van der Waals surface area contributed by atoms with Crippen LogP contribution in [0.4, 0.5) is 0 Å². The quantitative estimate of drug-likeness (QED) is 0.659. The molecule has 1 N–H and O–H groups in total. The Morgan fingerprint density at radius 2 is 2.44 bits per heavy atom. The van der Waals surface area contributed by atoms with Crippen molar-refractivity contribution in [2.24, 2.45) is 0 Å². The molecule has 16 heavy (non-hydrogen) atoms. The Kier molecular flexibility index (Phi) is 5.18. The van der Waals surface area contributed by atoms with E-state index in [0.29, 0.717) is 6.42 Å². The highest BCUT2D eigenvalue weighted by atomic mass is 32.2. The van der Waals surface area contributed by atoms with Crippen LogP contribution < -0.4 is 0 Å². The van der Waals surface area contributed by atoms with Gasteiger partial charge in [0.25, 0.3) is 0 Å². The lowest BCUT2D eigenvalue weighted by atomic mass is 10.2. The standard InChI is InChI=1S/C9H14NO3PS2/c1-9(2,7(12)13-14)16-8-10-6(3-4-11)5-15-8/h5,11H,3-4,14H2,1-2H3. The van der Waals surface area contributed by atoms with Crippen LogP contribution in [-0.2, 0) is 15.7 Å². The lowest BCUT2D eigenvalue weighted by Gasteiger charge is -2.18. The zero-order valence-corrected chi connectivity index (χ0v) is 11.9. The van der Waals surface area contributed by atoms with E-state index < -0.39 is 4.75 Å². The fraction of sp³-hybridized carbons (Fsp3) is 0.556. The van der Waals surface area contributed by atoms with Gasteiger partial charge in [0.1, 0.15) is 4.75 Å². The first-order valence-electron chi connectivity index (χ1n) is 4.65. The van der Waals surface area contributed by atoms with E-state index in [1.165, 1.54) is 23.1 Å². The first kappa shape index (κ1) is 13.9. The van der Waals surface area contributed by atoms with E-state index in [-0.39, 0.29) is 12.6 Å². The third-order valence-electron chi connectivity index (χ3n) is 1.84. The number of aliphatic hydroxyl groups excluding tert-OH is 1. The van der Waals surface area contributed by atoms with E-state index in [4.69, 9.17) is 5.11 Å². The number of aliphatic hydroxyl groups is 1. The molecule has 90 valence electrons. The van der Waals surface area contributed by atoms with Crippen molar-refractivity contribution in [3.63, 3.8) is 0 Å². The summed E-state index contributed by atoms with van der Waals surface area (Å²) >= 11 is 2.83. The largest absolute Gasteiger partial charge is 0.450 e. The average molecular weight is 279 g/mol. The molecule has 0 aromatic carbocycles. The molecule has 0 spiro atoms. The van der Waals surface area contributed by atoms with Crippen molar-refractivity contribution >= 4 is 38.5 Å². The van der Waals surface area contributed by atoms with Crippen LogP contribution in [0.15, 0.2) is 9.72 Å². The lowest BCUT2D eigenvalue weighted by Crippen LogP contribution is -2.27. The minimum atomic E-state index is -0.657. The van der Waals surface area contributed by atoms with Crippen molar-refractivity contribution in [2.75, 3.05) is 6.61 Å². The van der Waals surface area contributed by atoms with Gasteiger partial charge in [-0.1, -0.05) is 11.8 Å². The first-order chi connectivity index (χ1) is 7.49. The van der Waals surface area contributed by atoms with Gasteiger partial charge in [0, 0.05) is 18.4 Å². The van der Waals surface area contributed by atoms with Gasteiger partial charge in [-0.25, -0.2) is 4.98 Å². The van der Waals surface area contributed by atoms with E-state index in [1.807, 2.05) is 14.8 Å². The highest BCUT2D eigenvalue weighted by Gasteiger charge is 2.31. The number of nitrogens with zero attached hydrogens (tertiary/aromatic N) is 1. The summed E-state index contributed by atoms with van der Waals surface area (Å²) in [6, 6.07) is 0. The van der Waals surface area contributed by atoms with E-state index in [9.17, 15) is 4.79 Å². The number of hydrogen-bond donors (Lipinski definition) is 1. The number of thiazole rings is 1. The highest BCUT2D eigenvalue weighted by Crippen LogP contribution is 2.35. The summed E-state index contributed by atoms with van der Waals surface area (Å²) in [6.07, 6.45) is 0.547. The zero-order chi connectivity index (χ0) is 12.2. The van der Waals surface area contributed by atoms with Crippen LogP contribution in [-0.4, -0.2) is 27.4 Å². The maximum Gasteiger partial charge on any atom is 0.324 e. The van der Waals surface area contributed by atoms with E-state index >= 15 is 0 Å². The van der Waals surface area contributed by atoms with Crippen LogP contribution in [0, 0.1) is 0 Å². The molecule has 0 aliphatic carbocycles. The second-order valence-electron chi connectivity index (χ2n) is 3.60. The Morgan fingerprint density at radius 1 is 1.75 bits per heavy atom. The van der Waals surface area contributed by atoms with Gasteiger partial charge >= 0.3 is 5.97 Å². The summed E-state index contributed by atoms with van der Waals surface area (Å²) in [7, 11) is 1.96. The minimum absolute atomic E-state index is 0.0882. The van der Waals surface area contributed by atoms with Gasteiger partial charge in [0.05, 0.1) is 15.2 Å². The van der Waals surface area contributed by atoms with Gasteiger partial charge in [-0.2, -0.15) is 0 Å². The third kappa shape index (κ3) is 3.70. The van der Waals surface area contributed by atoms with Crippen LogP contribution >= 0.6 is 32.6 Å². The molecule has 0 radical (unpaired) electrons. The Bertz CT molecular complexity index is 367. The van der Waals surface area contributed by atoms with Crippen molar-refractivity contribution < 1.29 is 14.4 Å². The molecule has 1 aromatic heterocycles. The summed E-state index contributed by atoms with van der Waals surface area (Å²) in [5.41, 5.74) is 0.852. The van der Waals surface area contributed by atoms with Gasteiger partial charge in [-0.15, -0.1) is 11.3 Å². The van der Waals surface area contributed by atoms with Gasteiger partial charge in [-0.3, -0.25) is 4.79 Å². The fourth-order valence-corrected chi connectivity index (χ4v) is 3.62. The van der Waals surface area contributed by atoms with Crippen LogP contribution in [0.25, 0.3) is 0 Å². The van der Waals surface area contributed by atoms with Gasteiger partial charge < -0.3 is 9.63 Å². The highest BCUT2D eigenvalue weighted by molar-refractivity contribution is 8.03. The molecule has 0 bridgehead atoms. The average Bonchev–Trinajstić information content (AvgIpc) is 2.64. The van der Waals surface area contributed by atoms with Gasteiger partial charge in [0.15, 0.2) is 4.34 Å². The van der Waals surface area contributed by atoms with E-state index in [1.54, 1.807) is 13.8 Å². The number of thioether (sulfide) groups is 1. The third-order valence-corrected chi connectivity index (χ3v) is 4.22. The summed E-state index contributed by atoms with van der Waals surface area (Å²) in [5.74, 6) is -0.304. The van der Waals surface area contributed by atoms with E-state index in [0.717, 1.165) is 10.0 Å². The summed E-state index contributed by atoms with van der Waals surface area (Å²) in [4.78, 5) is 15.8. The number of aromatic nitrogens is 1. The Balaban J connectivity index is 2.68. The normalized spacial score (nSPS) is 11.5. The molecule has 0 fully saturated rings. The maximum absolute atomic E-state index is 11.4. The second-order valence-corrected chi connectivity index (χ2v) is 6.56. The Labute approximate surface area is 105 Å². The molecule has 0 saturated heterocycles. The smallest absolute Gasteiger partial charge is 0.324 e. The van der Waals surface area contributed by atoms with Crippen molar-refractivity contribution in [2.45, 2.75) is 29.4 Å². The Hall–Kier alpha value is -0.160. The van der Waals surface area contributed by atoms with Gasteiger partial charge in [0.2, 0.25) is 0 Å². The SMILES string of the molecule is CC(C)(Sc1nc(CCO)cs1)C(=O)OP. The fourth-order valence-electron chi connectivity index (χ4n) is 0.966. The van der Waals surface area contributed by atoms with Crippen molar-refractivity contribution in [3.8, 4) is 0 Å². The van der Waals surface area contributed by atoms with Gasteiger partial charge in [-0.05, 0) is 13.8 Å². The van der Waals surface area contributed by atoms with Crippen molar-refractivity contribution in [1.29, 1.82) is 0 Å². The molecular weight excluding hydrogens is 265 g/mol. The molecule has 1 unspecified atom stereocenters. The number of hydrogen-bond acceptors (Lipinski definition) is 6. The molecular formula is C9H14NO3PS2. The molecule has 1 rings (SSSR count). The molecule has 1 atom stereocenters. The van der Waals surface area contributed by atoms with Crippen LogP contribution in [0.3, 0.4) is 0 Å². The lowest BCUT2D eigenvalue weighted by molar-refractivity contribution is -0.135. The maximum atomic E-state index is 11.4. The molecule has 0 saturated carbocycles. The summed E-state index contributed by atoms with van der Waals surface area (Å²) < 4.78 is 4.79.